The number of benzene rings is 1. The summed E-state index contributed by atoms with van der Waals surface area (Å²) in [6.45, 7) is 4.31. The van der Waals surface area contributed by atoms with Crippen LogP contribution in [0.25, 0.3) is 22.1 Å². The number of furan rings is 1. The van der Waals surface area contributed by atoms with Crippen LogP contribution in [0.3, 0.4) is 0 Å². The minimum atomic E-state index is 0.0901. The van der Waals surface area contributed by atoms with Gasteiger partial charge < -0.3 is 19.0 Å². The van der Waals surface area contributed by atoms with Gasteiger partial charge in [-0.15, -0.1) is 0 Å². The molecule has 140 valence electrons. The topological polar surface area (TPSA) is 71.7 Å². The van der Waals surface area contributed by atoms with E-state index < -0.39 is 0 Å². The van der Waals surface area contributed by atoms with Crippen LogP contribution in [0, 0.1) is 5.92 Å². The van der Waals surface area contributed by atoms with E-state index in [-0.39, 0.29) is 11.8 Å². The van der Waals surface area contributed by atoms with E-state index in [4.69, 9.17) is 9.15 Å². The number of anilines is 1. The van der Waals surface area contributed by atoms with E-state index >= 15 is 0 Å². The minimum absolute atomic E-state index is 0.0901. The smallest absolute Gasteiger partial charge is 0.225 e. The van der Waals surface area contributed by atoms with Crippen molar-refractivity contribution < 1.29 is 13.9 Å². The molecule has 2 fully saturated rings. The SMILES string of the molecule is O=C(C1CCN(c2ncnc3c2oc2ccccc23)CC1)N1CCOCC1. The monoisotopic (exact) mass is 366 g/mol. The van der Waals surface area contributed by atoms with E-state index in [0.717, 1.165) is 53.8 Å². The Bertz CT molecular complexity index is 972. The number of fused-ring (bicyclic) bond motifs is 3. The van der Waals surface area contributed by atoms with E-state index in [2.05, 4.69) is 14.9 Å². The van der Waals surface area contributed by atoms with Gasteiger partial charge in [0.05, 0.1) is 13.2 Å². The maximum absolute atomic E-state index is 12.7. The number of aromatic nitrogens is 2. The number of amides is 1. The molecule has 5 rings (SSSR count). The predicted molar refractivity (Wildman–Crippen MR) is 102 cm³/mol. The molecule has 2 aliphatic rings. The molecule has 0 spiro atoms. The second kappa shape index (κ2) is 6.81. The van der Waals surface area contributed by atoms with Gasteiger partial charge >= 0.3 is 0 Å². The molecular formula is C20H22N4O3. The normalized spacial score (nSPS) is 19.1. The summed E-state index contributed by atoms with van der Waals surface area (Å²) in [7, 11) is 0. The van der Waals surface area contributed by atoms with Crippen LogP contribution in [0.4, 0.5) is 5.82 Å². The van der Waals surface area contributed by atoms with Crippen molar-refractivity contribution in [2.45, 2.75) is 12.8 Å². The summed E-state index contributed by atoms with van der Waals surface area (Å²) in [5, 5.41) is 1.01. The number of piperidine rings is 1. The standard InChI is InChI=1S/C20H22N4O3/c25-20(24-9-11-26-12-10-24)14-5-7-23(8-6-14)19-18-17(21-13-22-19)15-3-1-2-4-16(15)27-18/h1-4,13-14H,5-12H2. The van der Waals surface area contributed by atoms with Gasteiger partial charge in [-0.05, 0) is 25.0 Å². The Balaban J connectivity index is 1.36. The predicted octanol–water partition coefficient (Wildman–Crippen LogP) is 2.45. The third-order valence-corrected chi connectivity index (χ3v) is 5.61. The average Bonchev–Trinajstić information content (AvgIpc) is 3.13. The zero-order valence-corrected chi connectivity index (χ0v) is 15.1. The van der Waals surface area contributed by atoms with Crippen molar-refractivity contribution in [3.05, 3.63) is 30.6 Å². The first-order valence-corrected chi connectivity index (χ1v) is 9.55. The number of ether oxygens (including phenoxy) is 1. The molecule has 2 aromatic heterocycles. The lowest BCUT2D eigenvalue weighted by Gasteiger charge is -2.35. The van der Waals surface area contributed by atoms with E-state index in [1.165, 1.54) is 0 Å². The first-order valence-electron chi connectivity index (χ1n) is 9.55. The molecule has 0 aliphatic carbocycles. The van der Waals surface area contributed by atoms with Gasteiger partial charge in [0.15, 0.2) is 11.4 Å². The van der Waals surface area contributed by atoms with Gasteiger partial charge in [0.1, 0.15) is 17.4 Å². The summed E-state index contributed by atoms with van der Waals surface area (Å²) in [4.78, 5) is 25.8. The fourth-order valence-corrected chi connectivity index (χ4v) is 4.12. The van der Waals surface area contributed by atoms with Crippen molar-refractivity contribution in [3.8, 4) is 0 Å². The Hall–Kier alpha value is -2.67. The zero-order chi connectivity index (χ0) is 18.2. The van der Waals surface area contributed by atoms with Crippen molar-refractivity contribution in [1.29, 1.82) is 0 Å². The van der Waals surface area contributed by atoms with Gasteiger partial charge in [0.25, 0.3) is 0 Å². The van der Waals surface area contributed by atoms with Crippen LogP contribution in [0.15, 0.2) is 35.0 Å². The highest BCUT2D eigenvalue weighted by Crippen LogP contribution is 2.33. The molecule has 4 heterocycles. The van der Waals surface area contributed by atoms with Gasteiger partial charge in [-0.25, -0.2) is 9.97 Å². The fraction of sp³-hybridized carbons (Fsp3) is 0.450. The van der Waals surface area contributed by atoms with Crippen LogP contribution >= 0.6 is 0 Å². The van der Waals surface area contributed by atoms with E-state index in [9.17, 15) is 4.79 Å². The number of hydrogen-bond donors (Lipinski definition) is 0. The quantitative estimate of drug-likeness (QED) is 0.694. The van der Waals surface area contributed by atoms with Crippen molar-refractivity contribution in [3.63, 3.8) is 0 Å². The van der Waals surface area contributed by atoms with Crippen molar-refractivity contribution in [2.75, 3.05) is 44.3 Å². The molecule has 0 saturated carbocycles. The van der Waals surface area contributed by atoms with Crippen molar-refractivity contribution in [1.82, 2.24) is 14.9 Å². The first kappa shape index (κ1) is 16.5. The lowest BCUT2D eigenvalue weighted by Crippen LogP contribution is -2.47. The lowest BCUT2D eigenvalue weighted by molar-refractivity contribution is -0.140. The van der Waals surface area contributed by atoms with Crippen molar-refractivity contribution in [2.24, 2.45) is 5.92 Å². The molecule has 0 N–H and O–H groups in total. The summed E-state index contributed by atoms with van der Waals surface area (Å²) in [5.41, 5.74) is 2.41. The molecule has 7 nitrogen and oxygen atoms in total. The van der Waals surface area contributed by atoms with Gasteiger partial charge in [-0.3, -0.25) is 4.79 Å². The highest BCUT2D eigenvalue weighted by atomic mass is 16.5. The molecule has 0 radical (unpaired) electrons. The number of morpholine rings is 1. The molecule has 2 saturated heterocycles. The number of rotatable bonds is 2. The fourth-order valence-electron chi connectivity index (χ4n) is 4.12. The van der Waals surface area contributed by atoms with Gasteiger partial charge in [-0.2, -0.15) is 0 Å². The van der Waals surface area contributed by atoms with Gasteiger partial charge in [-0.1, -0.05) is 12.1 Å². The maximum atomic E-state index is 12.7. The van der Waals surface area contributed by atoms with E-state index in [1.807, 2.05) is 29.2 Å². The number of carbonyl (C=O) groups is 1. The molecule has 0 bridgehead atoms. The van der Waals surface area contributed by atoms with E-state index in [0.29, 0.717) is 26.3 Å². The molecular weight excluding hydrogens is 344 g/mol. The second-order valence-electron chi connectivity index (χ2n) is 7.17. The van der Waals surface area contributed by atoms with Gasteiger partial charge in [0, 0.05) is 37.5 Å². The number of carbonyl (C=O) groups excluding carboxylic acids is 1. The van der Waals surface area contributed by atoms with Gasteiger partial charge in [0.2, 0.25) is 5.91 Å². The van der Waals surface area contributed by atoms with Crippen LogP contribution in [-0.4, -0.2) is 60.2 Å². The highest BCUT2D eigenvalue weighted by molar-refractivity contribution is 6.05. The Morgan fingerprint density at radius 1 is 1.04 bits per heavy atom. The maximum Gasteiger partial charge on any atom is 0.225 e. The lowest BCUT2D eigenvalue weighted by atomic mass is 9.95. The molecule has 0 unspecified atom stereocenters. The third-order valence-electron chi connectivity index (χ3n) is 5.61. The largest absolute Gasteiger partial charge is 0.450 e. The summed E-state index contributed by atoms with van der Waals surface area (Å²) in [6, 6.07) is 7.92. The summed E-state index contributed by atoms with van der Waals surface area (Å²) in [5.74, 6) is 1.19. The molecule has 1 amide bonds. The Morgan fingerprint density at radius 3 is 2.63 bits per heavy atom. The number of para-hydroxylation sites is 1. The summed E-state index contributed by atoms with van der Waals surface area (Å²) < 4.78 is 11.4. The molecule has 7 heteroatoms. The average molecular weight is 366 g/mol. The van der Waals surface area contributed by atoms with Crippen LogP contribution in [0.2, 0.25) is 0 Å². The summed E-state index contributed by atoms with van der Waals surface area (Å²) >= 11 is 0. The Kier molecular flexibility index (Phi) is 4.16. The van der Waals surface area contributed by atoms with Crippen LogP contribution in [0.5, 0.6) is 0 Å². The minimum Gasteiger partial charge on any atom is -0.450 e. The number of hydrogen-bond acceptors (Lipinski definition) is 6. The molecule has 1 aromatic carbocycles. The number of nitrogens with zero attached hydrogens (tertiary/aromatic N) is 4. The van der Waals surface area contributed by atoms with Crippen molar-refractivity contribution >= 4 is 33.8 Å². The Labute approximate surface area is 156 Å². The zero-order valence-electron chi connectivity index (χ0n) is 15.1. The van der Waals surface area contributed by atoms with Crippen LogP contribution in [0.1, 0.15) is 12.8 Å². The van der Waals surface area contributed by atoms with Crippen LogP contribution < -0.4 is 4.90 Å². The molecule has 2 aliphatic heterocycles. The van der Waals surface area contributed by atoms with Crippen LogP contribution in [-0.2, 0) is 9.53 Å². The molecule has 27 heavy (non-hydrogen) atoms. The second-order valence-corrected chi connectivity index (χ2v) is 7.17. The third kappa shape index (κ3) is 2.92. The first-order chi connectivity index (χ1) is 13.3. The highest BCUT2D eigenvalue weighted by Gasteiger charge is 2.30. The van der Waals surface area contributed by atoms with E-state index in [1.54, 1.807) is 6.33 Å². The molecule has 3 aromatic rings. The molecule has 0 atom stereocenters. The summed E-state index contributed by atoms with van der Waals surface area (Å²) in [6.07, 6.45) is 3.27. The Morgan fingerprint density at radius 2 is 1.81 bits per heavy atom.